The molecule has 0 aromatic heterocycles. The van der Waals surface area contributed by atoms with Gasteiger partial charge in [0.15, 0.2) is 6.61 Å². The molecular weight excluding hydrogens is 408 g/mol. The highest BCUT2D eigenvalue weighted by molar-refractivity contribution is 5.91. The molecule has 0 bridgehead atoms. The van der Waals surface area contributed by atoms with Crippen molar-refractivity contribution in [1.82, 2.24) is 5.32 Å². The number of nitrogens with one attached hydrogen (secondary N) is 2. The number of carbonyl (C=O) groups excluding carboxylic acids is 1. The van der Waals surface area contributed by atoms with Crippen LogP contribution in [0.4, 0.5) is 5.69 Å². The lowest BCUT2D eigenvalue weighted by atomic mass is 10.3. The fraction of sp³-hybridized carbons (Fsp3) is 0.240. The Bertz CT molecular complexity index is 920. The third kappa shape index (κ3) is 8.67. The summed E-state index contributed by atoms with van der Waals surface area (Å²) in [6, 6.07) is 25.7. The van der Waals surface area contributed by atoms with Crippen LogP contribution in [0.15, 0.2) is 84.9 Å². The van der Waals surface area contributed by atoms with Gasteiger partial charge in [-0.25, -0.2) is 0 Å². The van der Waals surface area contributed by atoms with Crippen LogP contribution in [0.25, 0.3) is 0 Å². The van der Waals surface area contributed by atoms with Crippen LogP contribution in [0.3, 0.4) is 0 Å². The maximum Gasteiger partial charge on any atom is 0.262 e. The van der Waals surface area contributed by atoms with Crippen molar-refractivity contribution in [1.29, 1.82) is 0 Å². The van der Waals surface area contributed by atoms with Crippen LogP contribution < -0.4 is 24.8 Å². The minimum atomic E-state index is -0.606. The minimum absolute atomic E-state index is 0.0741. The van der Waals surface area contributed by atoms with Crippen LogP contribution in [0, 0.1) is 0 Å². The molecule has 1 atom stereocenters. The van der Waals surface area contributed by atoms with Crippen molar-refractivity contribution in [3.05, 3.63) is 84.9 Å². The number of ether oxygens (including phenoxy) is 3. The maximum atomic E-state index is 11.9. The zero-order valence-corrected chi connectivity index (χ0v) is 17.8. The number of hydrogen-bond acceptors (Lipinski definition) is 6. The molecule has 0 heterocycles. The van der Waals surface area contributed by atoms with Crippen molar-refractivity contribution in [2.45, 2.75) is 6.10 Å². The van der Waals surface area contributed by atoms with E-state index in [1.807, 2.05) is 60.7 Å². The lowest BCUT2D eigenvalue weighted by molar-refractivity contribution is -0.118. The summed E-state index contributed by atoms with van der Waals surface area (Å²) in [5, 5.41) is 15.9. The molecule has 3 aromatic rings. The summed E-state index contributed by atoms with van der Waals surface area (Å²) in [5.41, 5.74) is 0.731. The molecule has 3 N–H and O–H groups in total. The highest BCUT2D eigenvalue weighted by Crippen LogP contribution is 2.17. The van der Waals surface area contributed by atoms with Crippen LogP contribution in [-0.4, -0.2) is 50.0 Å². The molecule has 0 aliphatic rings. The molecule has 7 heteroatoms. The molecule has 0 saturated heterocycles. The summed E-state index contributed by atoms with van der Waals surface area (Å²) in [6.45, 7) is 1.60. The Labute approximate surface area is 187 Å². The van der Waals surface area contributed by atoms with Crippen molar-refractivity contribution in [2.24, 2.45) is 0 Å². The number of aliphatic hydroxyl groups is 1. The number of hydrogen-bond donors (Lipinski definition) is 3. The lowest BCUT2D eigenvalue weighted by Crippen LogP contribution is -2.33. The first-order valence-electron chi connectivity index (χ1n) is 10.5. The number of amides is 1. The van der Waals surface area contributed by atoms with Crippen molar-refractivity contribution >= 4 is 11.6 Å². The molecule has 7 nitrogen and oxygen atoms in total. The van der Waals surface area contributed by atoms with Gasteiger partial charge in [0.25, 0.3) is 5.91 Å². The SMILES string of the molecule is O=C(COc1ccc(OCCNCC(O)COc2ccccc2)cc1)Nc1ccccc1. The van der Waals surface area contributed by atoms with E-state index in [-0.39, 0.29) is 19.1 Å². The first-order valence-corrected chi connectivity index (χ1v) is 10.5. The molecule has 0 radical (unpaired) electrons. The van der Waals surface area contributed by atoms with Crippen LogP contribution >= 0.6 is 0 Å². The summed E-state index contributed by atoms with van der Waals surface area (Å²) in [4.78, 5) is 11.9. The van der Waals surface area contributed by atoms with Crippen molar-refractivity contribution in [2.75, 3.05) is 38.2 Å². The Morgan fingerprint density at radius 2 is 1.38 bits per heavy atom. The highest BCUT2D eigenvalue weighted by atomic mass is 16.5. The molecule has 0 aliphatic carbocycles. The average Bonchev–Trinajstić information content (AvgIpc) is 2.83. The Kier molecular flexibility index (Phi) is 9.39. The van der Waals surface area contributed by atoms with Crippen LogP contribution in [0.1, 0.15) is 0 Å². The predicted molar refractivity (Wildman–Crippen MR) is 123 cm³/mol. The Morgan fingerprint density at radius 3 is 2.06 bits per heavy atom. The van der Waals surface area contributed by atoms with Gasteiger partial charge < -0.3 is 30.0 Å². The van der Waals surface area contributed by atoms with E-state index >= 15 is 0 Å². The van der Waals surface area contributed by atoms with E-state index in [0.29, 0.717) is 31.2 Å². The fourth-order valence-electron chi connectivity index (χ4n) is 2.78. The van der Waals surface area contributed by atoms with Gasteiger partial charge in [-0.2, -0.15) is 0 Å². The van der Waals surface area contributed by atoms with Crippen molar-refractivity contribution in [3.8, 4) is 17.2 Å². The Hall–Kier alpha value is -3.55. The smallest absolute Gasteiger partial charge is 0.262 e. The van der Waals surface area contributed by atoms with Gasteiger partial charge in [0.2, 0.25) is 0 Å². The van der Waals surface area contributed by atoms with Gasteiger partial charge in [-0.3, -0.25) is 4.79 Å². The Balaban J connectivity index is 1.25. The van der Waals surface area contributed by atoms with Gasteiger partial charge >= 0.3 is 0 Å². The second-order valence-corrected chi connectivity index (χ2v) is 7.00. The van der Waals surface area contributed by atoms with E-state index < -0.39 is 6.10 Å². The van der Waals surface area contributed by atoms with Gasteiger partial charge in [-0.05, 0) is 48.5 Å². The van der Waals surface area contributed by atoms with Gasteiger partial charge in [0, 0.05) is 18.8 Å². The molecule has 3 rings (SSSR count). The predicted octanol–water partition coefficient (Wildman–Crippen LogP) is 3.11. The number of anilines is 1. The standard InChI is InChI=1S/C25H28N2O5/c28-21(18-31-22-9-5-2-6-10-22)17-26-15-16-30-23-11-13-24(14-12-23)32-19-25(29)27-20-7-3-1-4-8-20/h1-14,21,26,28H,15-19H2,(H,27,29). The zero-order chi connectivity index (χ0) is 22.4. The number of aliphatic hydroxyl groups excluding tert-OH is 1. The first kappa shape index (κ1) is 23.1. The molecule has 32 heavy (non-hydrogen) atoms. The van der Waals surface area contributed by atoms with Crippen LogP contribution in [0.5, 0.6) is 17.2 Å². The monoisotopic (exact) mass is 436 g/mol. The molecule has 0 spiro atoms. The van der Waals surface area contributed by atoms with Gasteiger partial charge in [0.1, 0.15) is 36.6 Å². The van der Waals surface area contributed by atoms with Crippen LogP contribution in [0.2, 0.25) is 0 Å². The molecule has 1 unspecified atom stereocenters. The van der Waals surface area contributed by atoms with Crippen molar-refractivity contribution in [3.63, 3.8) is 0 Å². The van der Waals surface area contributed by atoms with E-state index in [9.17, 15) is 9.90 Å². The molecule has 0 saturated carbocycles. The lowest BCUT2D eigenvalue weighted by Gasteiger charge is -2.13. The van der Waals surface area contributed by atoms with E-state index in [1.165, 1.54) is 0 Å². The molecule has 168 valence electrons. The number of carbonyl (C=O) groups is 1. The average molecular weight is 437 g/mol. The molecule has 3 aromatic carbocycles. The summed E-state index contributed by atoms with van der Waals surface area (Å²) in [6.07, 6.45) is -0.606. The summed E-state index contributed by atoms with van der Waals surface area (Å²) >= 11 is 0. The molecule has 0 fully saturated rings. The quantitative estimate of drug-likeness (QED) is 0.357. The third-order valence-electron chi connectivity index (χ3n) is 4.36. The Morgan fingerprint density at radius 1 is 0.781 bits per heavy atom. The summed E-state index contributed by atoms with van der Waals surface area (Å²) < 4.78 is 16.7. The second kappa shape index (κ2) is 13.0. The van der Waals surface area contributed by atoms with Crippen LogP contribution in [-0.2, 0) is 4.79 Å². The van der Waals surface area contributed by atoms with E-state index in [1.54, 1.807) is 24.3 Å². The van der Waals surface area contributed by atoms with Gasteiger partial charge in [0.05, 0.1) is 0 Å². The molecule has 0 aliphatic heterocycles. The number of rotatable bonds is 13. The normalized spacial score (nSPS) is 11.4. The number of para-hydroxylation sites is 2. The fourth-order valence-corrected chi connectivity index (χ4v) is 2.78. The largest absolute Gasteiger partial charge is 0.492 e. The van der Waals surface area contributed by atoms with Crippen molar-refractivity contribution < 1.29 is 24.1 Å². The van der Waals surface area contributed by atoms with Gasteiger partial charge in [-0.1, -0.05) is 36.4 Å². The van der Waals surface area contributed by atoms with E-state index in [4.69, 9.17) is 14.2 Å². The topological polar surface area (TPSA) is 89.1 Å². The second-order valence-electron chi connectivity index (χ2n) is 7.00. The van der Waals surface area contributed by atoms with E-state index in [0.717, 1.165) is 11.4 Å². The summed E-state index contributed by atoms with van der Waals surface area (Å²) in [7, 11) is 0. The minimum Gasteiger partial charge on any atom is -0.492 e. The summed E-state index contributed by atoms with van der Waals surface area (Å²) in [5.74, 6) is 1.79. The maximum absolute atomic E-state index is 11.9. The molecule has 1 amide bonds. The molecular formula is C25H28N2O5. The zero-order valence-electron chi connectivity index (χ0n) is 17.8. The van der Waals surface area contributed by atoms with Gasteiger partial charge in [-0.15, -0.1) is 0 Å². The van der Waals surface area contributed by atoms with E-state index in [2.05, 4.69) is 10.6 Å². The number of benzene rings is 3. The third-order valence-corrected chi connectivity index (χ3v) is 4.36. The highest BCUT2D eigenvalue weighted by Gasteiger charge is 2.06. The first-order chi connectivity index (χ1) is 15.7.